The van der Waals surface area contributed by atoms with Crippen LogP contribution in [0.1, 0.15) is 47.0 Å². The number of aliphatic imine (C=N–C) groups is 1. The third-order valence-electron chi connectivity index (χ3n) is 2.67. The molecule has 0 aliphatic rings. The van der Waals surface area contributed by atoms with Crippen molar-refractivity contribution in [3.8, 4) is 0 Å². The van der Waals surface area contributed by atoms with Gasteiger partial charge in [0.15, 0.2) is 5.96 Å². The highest BCUT2D eigenvalue weighted by molar-refractivity contribution is 14.0. The molecule has 1 unspecified atom stereocenters. The van der Waals surface area contributed by atoms with Crippen molar-refractivity contribution in [2.45, 2.75) is 53.0 Å². The average molecular weight is 385 g/mol. The second-order valence-corrected chi connectivity index (χ2v) is 6.02. The predicted octanol–water partition coefficient (Wildman–Crippen LogP) is 3.02. The summed E-state index contributed by atoms with van der Waals surface area (Å²) >= 11 is 0. The molecule has 116 valence electrons. The molecule has 0 aromatic rings. The summed E-state index contributed by atoms with van der Waals surface area (Å²) < 4.78 is 5.08. The lowest BCUT2D eigenvalue weighted by molar-refractivity contribution is 0.179. The Hall–Kier alpha value is -0.0400. The highest BCUT2D eigenvalue weighted by Crippen LogP contribution is 2.21. The standard InChI is InChI=1S/C14H31N3O.HI/c1-12(11-18-6)17-13(15-5)16-10-8-7-9-14(2,3)4;/h12H,7-11H2,1-6H3,(H2,15,16,17);1H. The van der Waals surface area contributed by atoms with Crippen molar-refractivity contribution in [3.63, 3.8) is 0 Å². The summed E-state index contributed by atoms with van der Waals surface area (Å²) in [6, 6.07) is 0.274. The molecule has 0 aliphatic carbocycles. The van der Waals surface area contributed by atoms with Gasteiger partial charge in [0.1, 0.15) is 0 Å². The topological polar surface area (TPSA) is 45.7 Å². The van der Waals surface area contributed by atoms with Crippen LogP contribution in [0.2, 0.25) is 0 Å². The maximum absolute atomic E-state index is 5.08. The molecule has 4 nitrogen and oxygen atoms in total. The molecule has 0 spiro atoms. The van der Waals surface area contributed by atoms with Crippen LogP contribution >= 0.6 is 24.0 Å². The molecular formula is C14H32IN3O. The SMILES string of the molecule is CN=C(NCCCCC(C)(C)C)NC(C)COC.I. The fourth-order valence-corrected chi connectivity index (χ4v) is 1.71. The number of unbranched alkanes of at least 4 members (excludes halogenated alkanes) is 1. The van der Waals surface area contributed by atoms with Crippen molar-refractivity contribution in [2.24, 2.45) is 10.4 Å². The van der Waals surface area contributed by atoms with Crippen LogP contribution in [0.3, 0.4) is 0 Å². The Labute approximate surface area is 136 Å². The quantitative estimate of drug-likeness (QED) is 0.307. The summed E-state index contributed by atoms with van der Waals surface area (Å²) in [6.07, 6.45) is 3.69. The van der Waals surface area contributed by atoms with Gasteiger partial charge in [-0.15, -0.1) is 24.0 Å². The van der Waals surface area contributed by atoms with E-state index in [0.29, 0.717) is 12.0 Å². The molecule has 0 saturated heterocycles. The predicted molar refractivity (Wildman–Crippen MR) is 94.6 cm³/mol. The summed E-state index contributed by atoms with van der Waals surface area (Å²) in [6.45, 7) is 10.6. The van der Waals surface area contributed by atoms with Crippen molar-refractivity contribution >= 4 is 29.9 Å². The van der Waals surface area contributed by atoms with Crippen LogP contribution in [-0.4, -0.2) is 39.3 Å². The van der Waals surface area contributed by atoms with Gasteiger partial charge in [-0.3, -0.25) is 4.99 Å². The van der Waals surface area contributed by atoms with E-state index in [2.05, 4.69) is 43.3 Å². The molecule has 0 aromatic carbocycles. The van der Waals surface area contributed by atoms with Gasteiger partial charge >= 0.3 is 0 Å². The lowest BCUT2D eigenvalue weighted by Crippen LogP contribution is -2.44. The Morgan fingerprint density at radius 2 is 1.89 bits per heavy atom. The maximum Gasteiger partial charge on any atom is 0.191 e. The van der Waals surface area contributed by atoms with Crippen LogP contribution < -0.4 is 10.6 Å². The molecule has 0 saturated carbocycles. The van der Waals surface area contributed by atoms with Gasteiger partial charge in [-0.1, -0.05) is 27.2 Å². The van der Waals surface area contributed by atoms with E-state index in [0.717, 1.165) is 12.5 Å². The van der Waals surface area contributed by atoms with Crippen LogP contribution in [0.15, 0.2) is 4.99 Å². The van der Waals surface area contributed by atoms with E-state index in [1.165, 1.54) is 19.3 Å². The normalized spacial score (nSPS) is 13.7. The monoisotopic (exact) mass is 385 g/mol. The minimum Gasteiger partial charge on any atom is -0.383 e. The molecule has 1 atom stereocenters. The van der Waals surface area contributed by atoms with Crippen LogP contribution in [0.5, 0.6) is 0 Å². The van der Waals surface area contributed by atoms with E-state index in [4.69, 9.17) is 4.74 Å². The van der Waals surface area contributed by atoms with Gasteiger partial charge in [0.25, 0.3) is 0 Å². The number of nitrogens with one attached hydrogen (secondary N) is 2. The number of ether oxygens (including phenoxy) is 1. The summed E-state index contributed by atoms with van der Waals surface area (Å²) in [4.78, 5) is 4.20. The zero-order valence-electron chi connectivity index (χ0n) is 13.4. The zero-order valence-corrected chi connectivity index (χ0v) is 15.7. The van der Waals surface area contributed by atoms with E-state index in [1.807, 2.05) is 0 Å². The van der Waals surface area contributed by atoms with E-state index in [9.17, 15) is 0 Å². The van der Waals surface area contributed by atoms with Crippen LogP contribution in [-0.2, 0) is 4.74 Å². The minimum absolute atomic E-state index is 0. The van der Waals surface area contributed by atoms with E-state index < -0.39 is 0 Å². The largest absolute Gasteiger partial charge is 0.383 e. The molecule has 0 aliphatic heterocycles. The Kier molecular flexibility index (Phi) is 13.2. The summed E-state index contributed by atoms with van der Waals surface area (Å²) in [5, 5.41) is 6.62. The molecule has 0 rings (SSSR count). The second kappa shape index (κ2) is 11.8. The third-order valence-corrected chi connectivity index (χ3v) is 2.67. The van der Waals surface area contributed by atoms with Gasteiger partial charge in [-0.05, 0) is 25.2 Å². The zero-order chi connectivity index (χ0) is 14.0. The number of guanidine groups is 1. The first-order chi connectivity index (χ1) is 8.39. The Bertz CT molecular complexity index is 239. The van der Waals surface area contributed by atoms with Gasteiger partial charge in [-0.25, -0.2) is 0 Å². The van der Waals surface area contributed by atoms with Crippen molar-refractivity contribution < 1.29 is 4.74 Å². The number of hydrogen-bond acceptors (Lipinski definition) is 2. The Balaban J connectivity index is 0. The van der Waals surface area contributed by atoms with Crippen molar-refractivity contribution in [2.75, 3.05) is 27.3 Å². The number of methoxy groups -OCH3 is 1. The van der Waals surface area contributed by atoms with Crippen molar-refractivity contribution in [1.29, 1.82) is 0 Å². The fourth-order valence-electron chi connectivity index (χ4n) is 1.71. The van der Waals surface area contributed by atoms with Gasteiger partial charge in [0, 0.05) is 26.7 Å². The summed E-state index contributed by atoms with van der Waals surface area (Å²) in [5.41, 5.74) is 0.437. The first kappa shape index (κ1) is 21.3. The summed E-state index contributed by atoms with van der Waals surface area (Å²) in [5.74, 6) is 0.857. The van der Waals surface area contributed by atoms with E-state index in [1.54, 1.807) is 14.2 Å². The molecular weight excluding hydrogens is 353 g/mol. The van der Waals surface area contributed by atoms with Gasteiger partial charge < -0.3 is 15.4 Å². The molecule has 0 radical (unpaired) electrons. The highest BCUT2D eigenvalue weighted by atomic mass is 127. The molecule has 0 amide bonds. The van der Waals surface area contributed by atoms with Crippen molar-refractivity contribution in [1.82, 2.24) is 10.6 Å². The first-order valence-corrected chi connectivity index (χ1v) is 6.85. The fraction of sp³-hybridized carbons (Fsp3) is 0.929. The van der Waals surface area contributed by atoms with Gasteiger partial charge in [0.05, 0.1) is 6.61 Å². The lowest BCUT2D eigenvalue weighted by atomic mass is 9.90. The molecule has 0 fully saturated rings. The minimum atomic E-state index is 0. The third kappa shape index (κ3) is 14.2. The number of nitrogens with zero attached hydrogens (tertiary/aromatic N) is 1. The number of hydrogen-bond donors (Lipinski definition) is 2. The number of halogens is 1. The summed E-state index contributed by atoms with van der Waals surface area (Å²) in [7, 11) is 3.50. The molecule has 0 heterocycles. The molecule has 0 bridgehead atoms. The number of rotatable bonds is 7. The molecule has 0 aromatic heterocycles. The van der Waals surface area contributed by atoms with E-state index in [-0.39, 0.29) is 30.0 Å². The molecule has 19 heavy (non-hydrogen) atoms. The van der Waals surface area contributed by atoms with Crippen molar-refractivity contribution in [3.05, 3.63) is 0 Å². The van der Waals surface area contributed by atoms with Crippen LogP contribution in [0.25, 0.3) is 0 Å². The Morgan fingerprint density at radius 3 is 2.37 bits per heavy atom. The van der Waals surface area contributed by atoms with Gasteiger partial charge in [-0.2, -0.15) is 0 Å². The maximum atomic E-state index is 5.08. The Morgan fingerprint density at radius 1 is 1.26 bits per heavy atom. The van der Waals surface area contributed by atoms with E-state index >= 15 is 0 Å². The first-order valence-electron chi connectivity index (χ1n) is 6.85. The highest BCUT2D eigenvalue weighted by Gasteiger charge is 2.09. The smallest absolute Gasteiger partial charge is 0.191 e. The second-order valence-electron chi connectivity index (χ2n) is 6.02. The lowest BCUT2D eigenvalue weighted by Gasteiger charge is -2.19. The van der Waals surface area contributed by atoms with Gasteiger partial charge in [0.2, 0.25) is 0 Å². The average Bonchev–Trinajstić information content (AvgIpc) is 2.25. The van der Waals surface area contributed by atoms with Crippen LogP contribution in [0, 0.1) is 5.41 Å². The van der Waals surface area contributed by atoms with Crippen LogP contribution in [0.4, 0.5) is 0 Å². The molecule has 5 heteroatoms. The molecule has 2 N–H and O–H groups in total.